The van der Waals surface area contributed by atoms with Gasteiger partial charge in [0.2, 0.25) is 0 Å². The van der Waals surface area contributed by atoms with Gasteiger partial charge in [-0.25, -0.2) is 13.8 Å². The normalized spacial score (nSPS) is 10.9. The number of alkyl halides is 2. The van der Waals surface area contributed by atoms with E-state index in [0.717, 1.165) is 10.9 Å². The Morgan fingerprint density at radius 2 is 2.11 bits per heavy atom. The number of aromatic nitrogens is 3. The molecule has 0 N–H and O–H groups in total. The summed E-state index contributed by atoms with van der Waals surface area (Å²) < 4.78 is 25.5. The molecule has 2 aromatic heterocycles. The maximum absolute atomic E-state index is 12.2. The molecule has 0 atom stereocenters. The van der Waals surface area contributed by atoms with Crippen LogP contribution in [0.2, 0.25) is 0 Å². The van der Waals surface area contributed by atoms with E-state index >= 15 is 0 Å². The third kappa shape index (κ3) is 2.61. The number of hydrogen-bond donors (Lipinski definition) is 0. The van der Waals surface area contributed by atoms with E-state index in [9.17, 15) is 13.6 Å². The zero-order valence-electron chi connectivity index (χ0n) is 9.05. The molecule has 0 aliphatic rings. The van der Waals surface area contributed by atoms with Crippen LogP contribution in [0.25, 0.3) is 11.4 Å². The van der Waals surface area contributed by atoms with Gasteiger partial charge in [0.05, 0.1) is 18.6 Å². The van der Waals surface area contributed by atoms with E-state index in [2.05, 4.69) is 25.9 Å². The summed E-state index contributed by atoms with van der Waals surface area (Å²) in [5, 5.41) is 0. The van der Waals surface area contributed by atoms with Crippen LogP contribution in [0.5, 0.6) is 0 Å². The maximum Gasteiger partial charge on any atom is 0.268 e. The highest BCUT2D eigenvalue weighted by Gasteiger charge is 2.13. The van der Waals surface area contributed by atoms with E-state index in [0.29, 0.717) is 11.4 Å². The maximum atomic E-state index is 12.2. The van der Waals surface area contributed by atoms with Crippen molar-refractivity contribution in [1.82, 2.24) is 14.5 Å². The fraction of sp³-hybridized carbons (Fsp3) is 0.182. The van der Waals surface area contributed by atoms with Crippen LogP contribution in [0, 0.1) is 0 Å². The van der Waals surface area contributed by atoms with Gasteiger partial charge in [-0.2, -0.15) is 0 Å². The highest BCUT2D eigenvalue weighted by atomic mass is 79.9. The van der Waals surface area contributed by atoms with Crippen molar-refractivity contribution in [3.8, 4) is 11.4 Å². The zero-order valence-corrected chi connectivity index (χ0v) is 10.6. The molecule has 2 heterocycles. The fourth-order valence-corrected chi connectivity index (χ4v) is 1.96. The molecule has 2 aromatic rings. The zero-order chi connectivity index (χ0) is 13.1. The number of nitrogens with zero attached hydrogens (tertiary/aromatic N) is 3. The molecular weight excluding hydrogens is 308 g/mol. The van der Waals surface area contributed by atoms with Crippen LogP contribution in [0.3, 0.4) is 0 Å². The number of rotatable bonds is 3. The summed E-state index contributed by atoms with van der Waals surface area (Å²) in [5.41, 5.74) is 0.294. The van der Waals surface area contributed by atoms with Crippen molar-refractivity contribution in [1.29, 1.82) is 0 Å². The van der Waals surface area contributed by atoms with E-state index in [-0.39, 0.29) is 4.47 Å². The lowest BCUT2D eigenvalue weighted by atomic mass is 10.2. The lowest BCUT2D eigenvalue weighted by molar-refractivity contribution is 0.124. The van der Waals surface area contributed by atoms with Crippen molar-refractivity contribution in [2.45, 2.75) is 13.0 Å². The van der Waals surface area contributed by atoms with Crippen molar-refractivity contribution in [2.75, 3.05) is 0 Å². The van der Waals surface area contributed by atoms with E-state index in [1.54, 1.807) is 24.4 Å². The Hall–Kier alpha value is -1.63. The molecule has 0 amide bonds. The van der Waals surface area contributed by atoms with Crippen LogP contribution in [0.15, 0.2) is 40.0 Å². The molecule has 0 fully saturated rings. The lowest BCUT2D eigenvalue weighted by Crippen LogP contribution is -2.24. The Labute approximate surface area is 109 Å². The summed E-state index contributed by atoms with van der Waals surface area (Å²) in [6, 6.07) is 5.17. The monoisotopic (exact) mass is 315 g/mol. The molecule has 18 heavy (non-hydrogen) atoms. The summed E-state index contributed by atoms with van der Waals surface area (Å²) >= 11 is 3.08. The van der Waals surface area contributed by atoms with Crippen molar-refractivity contribution in [2.24, 2.45) is 0 Å². The van der Waals surface area contributed by atoms with Crippen molar-refractivity contribution in [3.63, 3.8) is 0 Å². The van der Waals surface area contributed by atoms with Crippen LogP contribution in [0.4, 0.5) is 8.78 Å². The van der Waals surface area contributed by atoms with Gasteiger partial charge >= 0.3 is 0 Å². The van der Waals surface area contributed by atoms with Crippen LogP contribution >= 0.6 is 15.9 Å². The molecule has 2 rings (SSSR count). The summed E-state index contributed by atoms with van der Waals surface area (Å²) in [6.45, 7) is -0.674. The van der Waals surface area contributed by atoms with E-state index in [1.807, 2.05) is 0 Å². The predicted octanol–water partition coefficient (Wildman–Crippen LogP) is 2.33. The van der Waals surface area contributed by atoms with Crippen LogP contribution < -0.4 is 5.56 Å². The predicted molar refractivity (Wildman–Crippen MR) is 65.4 cm³/mol. The molecule has 0 aromatic carbocycles. The van der Waals surface area contributed by atoms with Crippen molar-refractivity contribution < 1.29 is 8.78 Å². The van der Waals surface area contributed by atoms with Crippen LogP contribution in [0.1, 0.15) is 0 Å². The van der Waals surface area contributed by atoms with Crippen molar-refractivity contribution >= 4 is 15.9 Å². The second kappa shape index (κ2) is 5.34. The second-order valence-electron chi connectivity index (χ2n) is 3.47. The first-order valence-electron chi connectivity index (χ1n) is 5.04. The molecule has 0 aliphatic heterocycles. The molecular formula is C11H8BrF2N3O. The highest BCUT2D eigenvalue weighted by molar-refractivity contribution is 9.10. The van der Waals surface area contributed by atoms with Crippen LogP contribution in [-0.4, -0.2) is 21.0 Å². The minimum Gasteiger partial charge on any atom is -0.292 e. The molecule has 0 radical (unpaired) electrons. The van der Waals surface area contributed by atoms with Gasteiger partial charge < -0.3 is 0 Å². The van der Waals surface area contributed by atoms with Gasteiger partial charge in [-0.05, 0) is 28.1 Å². The number of halogens is 3. The second-order valence-corrected chi connectivity index (χ2v) is 4.26. The van der Waals surface area contributed by atoms with Gasteiger partial charge in [0.15, 0.2) is 0 Å². The Bertz CT molecular complexity index is 601. The molecule has 0 spiro atoms. The van der Waals surface area contributed by atoms with Crippen LogP contribution in [-0.2, 0) is 6.54 Å². The van der Waals surface area contributed by atoms with Gasteiger partial charge in [0.25, 0.3) is 12.0 Å². The minimum atomic E-state index is -2.60. The first-order valence-corrected chi connectivity index (χ1v) is 5.83. The van der Waals surface area contributed by atoms with E-state index < -0.39 is 18.5 Å². The summed E-state index contributed by atoms with van der Waals surface area (Å²) in [5.74, 6) is 0. The SMILES string of the molecule is O=c1c(Br)c(-c2ccccn2)ncn1CC(F)F. The standard InChI is InChI=1S/C11H8BrF2N3O/c12-9-10(7-3-1-2-4-15-7)16-6-17(11(9)18)5-8(13)14/h1-4,6,8H,5H2. The average molecular weight is 316 g/mol. The summed E-state index contributed by atoms with van der Waals surface area (Å²) in [4.78, 5) is 19.8. The van der Waals surface area contributed by atoms with Gasteiger partial charge in [0, 0.05) is 6.20 Å². The summed E-state index contributed by atoms with van der Waals surface area (Å²) in [7, 11) is 0. The Kier molecular flexibility index (Phi) is 3.81. The Morgan fingerprint density at radius 3 is 2.72 bits per heavy atom. The molecule has 4 nitrogen and oxygen atoms in total. The minimum absolute atomic E-state index is 0.129. The third-order valence-corrected chi connectivity index (χ3v) is 2.94. The molecule has 0 aliphatic carbocycles. The van der Waals surface area contributed by atoms with E-state index in [4.69, 9.17) is 0 Å². The number of pyridine rings is 1. The molecule has 0 saturated carbocycles. The third-order valence-electron chi connectivity index (χ3n) is 2.22. The summed E-state index contributed by atoms with van der Waals surface area (Å²) in [6.07, 6.45) is 0.0642. The van der Waals surface area contributed by atoms with Crippen molar-refractivity contribution in [3.05, 3.63) is 45.5 Å². The smallest absolute Gasteiger partial charge is 0.268 e. The van der Waals surface area contributed by atoms with E-state index in [1.165, 1.54) is 0 Å². The highest BCUT2D eigenvalue weighted by Crippen LogP contribution is 2.20. The average Bonchev–Trinajstić information content (AvgIpc) is 2.36. The quantitative estimate of drug-likeness (QED) is 0.873. The molecule has 94 valence electrons. The van der Waals surface area contributed by atoms with Gasteiger partial charge in [-0.3, -0.25) is 14.3 Å². The molecule has 0 saturated heterocycles. The molecule has 0 unspecified atom stereocenters. The topological polar surface area (TPSA) is 47.8 Å². The van der Waals surface area contributed by atoms with Gasteiger partial charge in [0.1, 0.15) is 10.2 Å². The first kappa shape index (κ1) is 12.8. The number of hydrogen-bond acceptors (Lipinski definition) is 3. The van der Waals surface area contributed by atoms with Gasteiger partial charge in [-0.1, -0.05) is 6.07 Å². The van der Waals surface area contributed by atoms with Gasteiger partial charge in [-0.15, -0.1) is 0 Å². The Morgan fingerprint density at radius 1 is 1.33 bits per heavy atom. The molecule has 7 heteroatoms. The largest absolute Gasteiger partial charge is 0.292 e. The molecule has 0 bridgehead atoms. The Balaban J connectivity index is 2.48. The fourth-order valence-electron chi connectivity index (χ4n) is 1.42. The lowest BCUT2D eigenvalue weighted by Gasteiger charge is -2.07. The first-order chi connectivity index (χ1) is 8.59.